The van der Waals surface area contributed by atoms with Crippen molar-refractivity contribution in [2.75, 3.05) is 13.1 Å². The first-order chi connectivity index (χ1) is 11.6. The van der Waals surface area contributed by atoms with Gasteiger partial charge in [0.2, 0.25) is 11.8 Å². The lowest BCUT2D eigenvalue weighted by Gasteiger charge is -2.16. The van der Waals surface area contributed by atoms with Crippen LogP contribution in [0.5, 0.6) is 0 Å². The summed E-state index contributed by atoms with van der Waals surface area (Å²) < 4.78 is 0. The smallest absolute Gasteiger partial charge is 0.225 e. The number of thiazole rings is 1. The molecule has 0 bridgehead atoms. The van der Waals surface area contributed by atoms with Gasteiger partial charge in [0.1, 0.15) is 5.01 Å². The topological polar surface area (TPSA) is 62.3 Å². The zero-order valence-corrected chi connectivity index (χ0v) is 14.7. The number of carbonyl (C=O) groups is 2. The molecular formula is C18H21N3O2S. The number of nitrogens with one attached hydrogen (secondary N) is 1. The second-order valence-electron chi connectivity index (χ2n) is 6.00. The average molecular weight is 343 g/mol. The molecular weight excluding hydrogens is 322 g/mol. The van der Waals surface area contributed by atoms with Crippen molar-refractivity contribution < 1.29 is 9.59 Å². The van der Waals surface area contributed by atoms with Crippen LogP contribution in [0.25, 0.3) is 11.3 Å². The van der Waals surface area contributed by atoms with E-state index >= 15 is 0 Å². The highest BCUT2D eigenvalue weighted by Crippen LogP contribution is 2.26. The van der Waals surface area contributed by atoms with Crippen molar-refractivity contribution in [2.24, 2.45) is 5.92 Å². The quantitative estimate of drug-likeness (QED) is 0.908. The molecule has 3 rings (SSSR count). The summed E-state index contributed by atoms with van der Waals surface area (Å²) in [5.41, 5.74) is 1.99. The lowest BCUT2D eigenvalue weighted by atomic mass is 10.1. The molecule has 0 spiro atoms. The van der Waals surface area contributed by atoms with Crippen molar-refractivity contribution in [3.8, 4) is 11.3 Å². The molecule has 0 aliphatic carbocycles. The van der Waals surface area contributed by atoms with E-state index in [4.69, 9.17) is 0 Å². The molecule has 1 aromatic heterocycles. The highest BCUT2D eigenvalue weighted by Gasteiger charge is 2.34. The maximum Gasteiger partial charge on any atom is 0.225 e. The second kappa shape index (κ2) is 7.13. The summed E-state index contributed by atoms with van der Waals surface area (Å²) in [6.07, 6.45) is 0.305. The van der Waals surface area contributed by atoms with E-state index in [0.29, 0.717) is 19.5 Å². The molecule has 0 unspecified atom stereocenters. The Morgan fingerprint density at radius 3 is 2.83 bits per heavy atom. The monoisotopic (exact) mass is 343 g/mol. The van der Waals surface area contributed by atoms with Crippen LogP contribution in [0.15, 0.2) is 35.7 Å². The van der Waals surface area contributed by atoms with E-state index in [-0.39, 0.29) is 23.8 Å². The Kier molecular flexibility index (Phi) is 4.94. The van der Waals surface area contributed by atoms with Crippen LogP contribution in [0.2, 0.25) is 0 Å². The van der Waals surface area contributed by atoms with Gasteiger partial charge in [0.25, 0.3) is 0 Å². The Labute approximate surface area is 145 Å². The lowest BCUT2D eigenvalue weighted by molar-refractivity contribution is -0.129. The van der Waals surface area contributed by atoms with Crippen molar-refractivity contribution in [1.82, 2.24) is 15.2 Å². The van der Waals surface area contributed by atoms with Gasteiger partial charge in [0.05, 0.1) is 17.7 Å². The van der Waals surface area contributed by atoms with Gasteiger partial charge >= 0.3 is 0 Å². The first kappa shape index (κ1) is 16.6. The number of benzene rings is 1. The average Bonchev–Trinajstić information content (AvgIpc) is 3.22. The maximum atomic E-state index is 12.4. The van der Waals surface area contributed by atoms with Gasteiger partial charge in [0, 0.05) is 30.5 Å². The van der Waals surface area contributed by atoms with E-state index in [1.165, 1.54) is 11.3 Å². The van der Waals surface area contributed by atoms with E-state index in [1.54, 1.807) is 4.90 Å². The van der Waals surface area contributed by atoms with E-state index in [1.807, 2.05) is 49.6 Å². The fourth-order valence-corrected chi connectivity index (χ4v) is 3.71. The van der Waals surface area contributed by atoms with Crippen LogP contribution in [0.1, 0.15) is 31.3 Å². The minimum absolute atomic E-state index is 0.0610. The van der Waals surface area contributed by atoms with Gasteiger partial charge < -0.3 is 10.2 Å². The number of hydrogen-bond donors (Lipinski definition) is 1. The fourth-order valence-electron chi connectivity index (χ4n) is 2.87. The summed E-state index contributed by atoms with van der Waals surface area (Å²) in [6, 6.07) is 9.82. The van der Waals surface area contributed by atoms with Gasteiger partial charge in [0.15, 0.2) is 0 Å². The van der Waals surface area contributed by atoms with E-state index in [2.05, 4.69) is 10.3 Å². The molecule has 24 heavy (non-hydrogen) atoms. The number of likely N-dealkylation sites (tertiary alicyclic amines) is 1. The normalized spacial score (nSPS) is 18.7. The second-order valence-corrected chi connectivity index (χ2v) is 6.89. The molecule has 0 radical (unpaired) electrons. The molecule has 1 N–H and O–H groups in total. The Balaban J connectivity index is 1.63. The molecule has 1 aliphatic rings. The Bertz CT molecular complexity index is 729. The molecule has 5 nitrogen and oxygen atoms in total. The molecule has 1 aromatic carbocycles. The molecule has 2 heterocycles. The molecule has 2 aromatic rings. The maximum absolute atomic E-state index is 12.4. The van der Waals surface area contributed by atoms with Crippen LogP contribution in [0.4, 0.5) is 0 Å². The molecule has 2 atom stereocenters. The SMILES string of the molecule is CCN1C[C@@H](C(=O)N[C@@H](C)c2nc(-c3ccccc3)cs2)CC1=O. The Morgan fingerprint density at radius 1 is 1.42 bits per heavy atom. The summed E-state index contributed by atoms with van der Waals surface area (Å²) in [4.78, 5) is 30.5. The largest absolute Gasteiger partial charge is 0.347 e. The number of aromatic nitrogens is 1. The van der Waals surface area contributed by atoms with Crippen LogP contribution < -0.4 is 5.32 Å². The van der Waals surface area contributed by atoms with Gasteiger partial charge in [-0.1, -0.05) is 30.3 Å². The number of carbonyl (C=O) groups excluding carboxylic acids is 2. The molecule has 2 amide bonds. The van der Waals surface area contributed by atoms with Crippen molar-refractivity contribution in [3.05, 3.63) is 40.7 Å². The van der Waals surface area contributed by atoms with Crippen molar-refractivity contribution in [1.29, 1.82) is 0 Å². The molecule has 6 heteroatoms. The van der Waals surface area contributed by atoms with E-state index in [9.17, 15) is 9.59 Å². The minimum atomic E-state index is -0.256. The van der Waals surface area contributed by atoms with Crippen LogP contribution in [-0.4, -0.2) is 34.8 Å². The van der Waals surface area contributed by atoms with E-state index < -0.39 is 0 Å². The molecule has 1 fully saturated rings. The van der Waals surface area contributed by atoms with Gasteiger partial charge in [-0.3, -0.25) is 9.59 Å². The van der Waals surface area contributed by atoms with Gasteiger partial charge in [-0.05, 0) is 13.8 Å². The van der Waals surface area contributed by atoms with Gasteiger partial charge in [-0.25, -0.2) is 4.98 Å². The van der Waals surface area contributed by atoms with Crippen molar-refractivity contribution >= 4 is 23.2 Å². The fraction of sp³-hybridized carbons (Fsp3) is 0.389. The minimum Gasteiger partial charge on any atom is -0.347 e. The molecule has 0 saturated carbocycles. The third-order valence-electron chi connectivity index (χ3n) is 4.29. The van der Waals surface area contributed by atoms with Gasteiger partial charge in [-0.15, -0.1) is 11.3 Å². The first-order valence-corrected chi connectivity index (χ1v) is 9.05. The standard InChI is InChI=1S/C18H21N3O2S/c1-3-21-10-14(9-16(21)22)17(23)19-12(2)18-20-15(11-24-18)13-7-5-4-6-8-13/h4-8,11-12,14H,3,9-10H2,1-2H3,(H,19,23)/t12-,14-/m0/s1. The number of amides is 2. The van der Waals surface area contributed by atoms with Crippen molar-refractivity contribution in [2.45, 2.75) is 26.3 Å². The zero-order chi connectivity index (χ0) is 17.1. The predicted molar refractivity (Wildman–Crippen MR) is 94.5 cm³/mol. The van der Waals surface area contributed by atoms with Crippen LogP contribution in [0.3, 0.4) is 0 Å². The summed E-state index contributed by atoms with van der Waals surface area (Å²) in [5.74, 6) is -0.261. The third kappa shape index (κ3) is 3.48. The van der Waals surface area contributed by atoms with Crippen LogP contribution >= 0.6 is 11.3 Å². The van der Waals surface area contributed by atoms with E-state index in [0.717, 1.165) is 16.3 Å². The number of hydrogen-bond acceptors (Lipinski definition) is 4. The van der Waals surface area contributed by atoms with Crippen molar-refractivity contribution in [3.63, 3.8) is 0 Å². The zero-order valence-electron chi connectivity index (χ0n) is 13.9. The first-order valence-electron chi connectivity index (χ1n) is 8.17. The highest BCUT2D eigenvalue weighted by molar-refractivity contribution is 7.10. The van der Waals surface area contributed by atoms with Crippen LogP contribution in [0, 0.1) is 5.92 Å². The Morgan fingerprint density at radius 2 is 2.17 bits per heavy atom. The molecule has 1 saturated heterocycles. The molecule has 1 aliphatic heterocycles. The summed E-state index contributed by atoms with van der Waals surface area (Å²) in [7, 11) is 0. The third-order valence-corrected chi connectivity index (χ3v) is 5.32. The molecule has 126 valence electrons. The predicted octanol–water partition coefficient (Wildman–Crippen LogP) is 2.86. The number of rotatable bonds is 5. The Hall–Kier alpha value is -2.21. The summed E-state index contributed by atoms with van der Waals surface area (Å²) >= 11 is 1.54. The lowest BCUT2D eigenvalue weighted by Crippen LogP contribution is -2.34. The van der Waals surface area contributed by atoms with Gasteiger partial charge in [-0.2, -0.15) is 0 Å². The summed E-state index contributed by atoms with van der Waals surface area (Å²) in [6.45, 7) is 5.04. The van der Waals surface area contributed by atoms with Crippen LogP contribution in [-0.2, 0) is 9.59 Å². The number of nitrogens with zero attached hydrogens (tertiary/aromatic N) is 2. The highest BCUT2D eigenvalue weighted by atomic mass is 32.1. The summed E-state index contributed by atoms with van der Waals surface area (Å²) in [5, 5.41) is 5.88.